The fourth-order valence-electron chi connectivity index (χ4n) is 3.00. The van der Waals surface area contributed by atoms with Crippen LogP contribution in [0.5, 0.6) is 0 Å². The topological polar surface area (TPSA) is 29.3 Å². The van der Waals surface area contributed by atoms with Crippen LogP contribution < -0.4 is 10.6 Å². The van der Waals surface area contributed by atoms with Crippen molar-refractivity contribution in [3.63, 3.8) is 0 Å². The third-order valence-electron chi connectivity index (χ3n) is 4.55. The predicted octanol–water partition coefficient (Wildman–Crippen LogP) is 4.11. The summed E-state index contributed by atoms with van der Waals surface area (Å²) in [6.45, 7) is 6.87. The molecular weight excluding hydrogens is 232 g/mol. The molecule has 1 aliphatic rings. The van der Waals surface area contributed by atoms with Gasteiger partial charge in [-0.05, 0) is 49.3 Å². The summed E-state index contributed by atoms with van der Waals surface area (Å²) < 4.78 is 0. The molecule has 1 fully saturated rings. The molecule has 0 aliphatic carbocycles. The average Bonchev–Trinajstić information content (AvgIpc) is 2.72. The zero-order valence-corrected chi connectivity index (χ0v) is 12.4. The van der Waals surface area contributed by atoms with Crippen LogP contribution >= 0.6 is 0 Å². The van der Waals surface area contributed by atoms with Gasteiger partial charge in [-0.3, -0.25) is 0 Å². The Kier molecular flexibility index (Phi) is 5.26. The van der Waals surface area contributed by atoms with Crippen LogP contribution in [0, 0.1) is 5.92 Å². The fraction of sp³-hybridized carbons (Fsp3) is 0.647. The molecule has 1 aliphatic heterocycles. The Balaban J connectivity index is 2.01. The molecule has 1 unspecified atom stereocenters. The predicted molar refractivity (Wildman–Crippen MR) is 83.5 cm³/mol. The van der Waals surface area contributed by atoms with Crippen molar-refractivity contribution in [1.82, 2.24) is 0 Å². The van der Waals surface area contributed by atoms with Crippen LogP contribution in [0.1, 0.15) is 57.6 Å². The third-order valence-corrected chi connectivity index (χ3v) is 4.55. The molecule has 2 heteroatoms. The summed E-state index contributed by atoms with van der Waals surface area (Å²) in [4.78, 5) is 2.54. The lowest BCUT2D eigenvalue weighted by Crippen LogP contribution is -2.24. The van der Waals surface area contributed by atoms with E-state index in [1.54, 1.807) is 0 Å². The molecule has 2 N–H and O–H groups in total. The fourth-order valence-corrected chi connectivity index (χ4v) is 3.00. The smallest absolute Gasteiger partial charge is 0.0366 e. The lowest BCUT2D eigenvalue weighted by atomic mass is 9.98. The maximum Gasteiger partial charge on any atom is 0.0366 e. The second kappa shape index (κ2) is 6.95. The highest BCUT2D eigenvalue weighted by Crippen LogP contribution is 2.25. The zero-order chi connectivity index (χ0) is 13.7. The molecule has 2 atom stereocenters. The Morgan fingerprint density at radius 1 is 1.16 bits per heavy atom. The number of nitrogens with zero attached hydrogens (tertiary/aromatic N) is 1. The lowest BCUT2D eigenvalue weighted by molar-refractivity contribution is 0.459. The van der Waals surface area contributed by atoms with Crippen LogP contribution in [0.15, 0.2) is 24.3 Å². The first kappa shape index (κ1) is 14.4. The molecule has 0 spiro atoms. The largest absolute Gasteiger partial charge is 0.372 e. The summed E-state index contributed by atoms with van der Waals surface area (Å²) in [5.41, 5.74) is 8.69. The molecule has 1 aromatic rings. The Bertz CT molecular complexity index is 371. The van der Waals surface area contributed by atoms with Crippen LogP contribution in [0.25, 0.3) is 0 Å². The molecule has 0 bridgehead atoms. The summed E-state index contributed by atoms with van der Waals surface area (Å²) in [7, 11) is 0. The normalized spacial score (nSPS) is 22.1. The molecule has 0 saturated carbocycles. The Hall–Kier alpha value is -1.02. The van der Waals surface area contributed by atoms with Gasteiger partial charge in [0.1, 0.15) is 0 Å². The van der Waals surface area contributed by atoms with Crippen molar-refractivity contribution in [2.24, 2.45) is 11.7 Å². The number of nitrogens with two attached hydrogens (primary N) is 1. The maximum absolute atomic E-state index is 6.07. The number of benzene rings is 1. The molecule has 1 heterocycles. The number of hydrogen-bond acceptors (Lipinski definition) is 2. The van der Waals surface area contributed by atoms with E-state index < -0.39 is 0 Å². The van der Waals surface area contributed by atoms with E-state index in [9.17, 15) is 0 Å². The van der Waals surface area contributed by atoms with Gasteiger partial charge in [-0.2, -0.15) is 0 Å². The van der Waals surface area contributed by atoms with E-state index in [1.165, 1.54) is 50.0 Å². The highest BCUT2D eigenvalue weighted by molar-refractivity contribution is 5.48. The van der Waals surface area contributed by atoms with Crippen molar-refractivity contribution in [3.05, 3.63) is 29.8 Å². The van der Waals surface area contributed by atoms with Crippen LogP contribution in [0.4, 0.5) is 5.69 Å². The number of rotatable bonds is 4. The quantitative estimate of drug-likeness (QED) is 0.882. The standard InChI is InChI=1S/C17H28N2/c1-3-14-6-5-12-19(13-11-14)16-9-7-15(8-10-16)17(18)4-2/h7-10,14,17H,3-6,11-13,18H2,1-2H3/t14?,17-/m1/s1. The average molecular weight is 260 g/mol. The molecule has 0 amide bonds. The first-order valence-electron chi connectivity index (χ1n) is 7.85. The van der Waals surface area contributed by atoms with Gasteiger partial charge in [0.15, 0.2) is 0 Å². The molecule has 0 aromatic heterocycles. The van der Waals surface area contributed by atoms with E-state index in [2.05, 4.69) is 43.0 Å². The summed E-state index contributed by atoms with van der Waals surface area (Å²) in [6.07, 6.45) is 6.40. The Morgan fingerprint density at radius 3 is 2.53 bits per heavy atom. The second-order valence-electron chi connectivity index (χ2n) is 5.80. The minimum absolute atomic E-state index is 0.183. The summed E-state index contributed by atoms with van der Waals surface area (Å²) >= 11 is 0. The lowest BCUT2D eigenvalue weighted by Gasteiger charge is -2.23. The molecule has 1 saturated heterocycles. The van der Waals surface area contributed by atoms with Gasteiger partial charge in [0, 0.05) is 24.8 Å². The van der Waals surface area contributed by atoms with Crippen LogP contribution in [0.3, 0.4) is 0 Å². The highest BCUT2D eigenvalue weighted by atomic mass is 15.1. The van der Waals surface area contributed by atoms with Crippen molar-refractivity contribution in [3.8, 4) is 0 Å². The second-order valence-corrected chi connectivity index (χ2v) is 5.80. The van der Waals surface area contributed by atoms with Gasteiger partial charge >= 0.3 is 0 Å². The van der Waals surface area contributed by atoms with Gasteiger partial charge in [-0.15, -0.1) is 0 Å². The summed E-state index contributed by atoms with van der Waals surface area (Å²) in [6, 6.07) is 9.08. The van der Waals surface area contributed by atoms with Crippen molar-refractivity contribution >= 4 is 5.69 Å². The van der Waals surface area contributed by atoms with Crippen molar-refractivity contribution < 1.29 is 0 Å². The van der Waals surface area contributed by atoms with Gasteiger partial charge in [-0.25, -0.2) is 0 Å². The Morgan fingerprint density at radius 2 is 1.89 bits per heavy atom. The minimum atomic E-state index is 0.183. The van der Waals surface area contributed by atoms with E-state index in [4.69, 9.17) is 5.73 Å². The van der Waals surface area contributed by atoms with E-state index in [1.807, 2.05) is 0 Å². The third kappa shape index (κ3) is 3.73. The van der Waals surface area contributed by atoms with Gasteiger partial charge in [0.25, 0.3) is 0 Å². The molecule has 2 nitrogen and oxygen atoms in total. The molecule has 1 aromatic carbocycles. The maximum atomic E-state index is 6.07. The Labute approximate surface area is 118 Å². The first-order valence-corrected chi connectivity index (χ1v) is 7.85. The van der Waals surface area contributed by atoms with Crippen LogP contribution in [-0.4, -0.2) is 13.1 Å². The van der Waals surface area contributed by atoms with E-state index in [0.29, 0.717) is 0 Å². The molecule has 106 valence electrons. The van der Waals surface area contributed by atoms with Crippen molar-refractivity contribution in [2.45, 2.75) is 52.0 Å². The zero-order valence-electron chi connectivity index (χ0n) is 12.4. The molecular formula is C17H28N2. The monoisotopic (exact) mass is 260 g/mol. The minimum Gasteiger partial charge on any atom is -0.372 e. The van der Waals surface area contributed by atoms with Crippen LogP contribution in [0.2, 0.25) is 0 Å². The van der Waals surface area contributed by atoms with Gasteiger partial charge < -0.3 is 10.6 Å². The van der Waals surface area contributed by atoms with Gasteiger partial charge in [0.2, 0.25) is 0 Å². The van der Waals surface area contributed by atoms with Gasteiger partial charge in [0.05, 0.1) is 0 Å². The van der Waals surface area contributed by atoms with E-state index in [0.717, 1.165) is 12.3 Å². The molecule has 0 radical (unpaired) electrons. The summed E-state index contributed by atoms with van der Waals surface area (Å²) in [5, 5.41) is 0. The van der Waals surface area contributed by atoms with E-state index >= 15 is 0 Å². The molecule has 2 rings (SSSR count). The first-order chi connectivity index (χ1) is 9.24. The number of anilines is 1. The number of hydrogen-bond donors (Lipinski definition) is 1. The van der Waals surface area contributed by atoms with Gasteiger partial charge in [-0.1, -0.05) is 32.4 Å². The summed E-state index contributed by atoms with van der Waals surface area (Å²) in [5.74, 6) is 0.929. The highest BCUT2D eigenvalue weighted by Gasteiger charge is 2.16. The molecule has 19 heavy (non-hydrogen) atoms. The SMILES string of the molecule is CCC1CCCN(c2ccc([C@H](N)CC)cc2)CC1. The van der Waals surface area contributed by atoms with Crippen LogP contribution in [-0.2, 0) is 0 Å². The van der Waals surface area contributed by atoms with E-state index in [-0.39, 0.29) is 6.04 Å². The van der Waals surface area contributed by atoms with Crippen molar-refractivity contribution in [1.29, 1.82) is 0 Å². The van der Waals surface area contributed by atoms with Crippen molar-refractivity contribution in [2.75, 3.05) is 18.0 Å².